The zero-order valence-electron chi connectivity index (χ0n) is 16.2. The SMILES string of the molecule is CC(C)n1ncc2c1C(NC(=O)c1occc1COc1ccccc1)CCC2. The van der Waals surface area contributed by atoms with E-state index in [4.69, 9.17) is 9.15 Å². The lowest BCUT2D eigenvalue weighted by atomic mass is 9.93. The van der Waals surface area contributed by atoms with Crippen molar-refractivity contribution in [2.75, 3.05) is 0 Å². The van der Waals surface area contributed by atoms with E-state index in [1.807, 2.05) is 41.2 Å². The fourth-order valence-electron chi connectivity index (χ4n) is 3.72. The van der Waals surface area contributed by atoms with Gasteiger partial charge in [0.2, 0.25) is 0 Å². The quantitative estimate of drug-likeness (QED) is 0.687. The van der Waals surface area contributed by atoms with Crippen molar-refractivity contribution in [3.8, 4) is 5.75 Å². The molecule has 1 unspecified atom stereocenters. The van der Waals surface area contributed by atoms with Gasteiger partial charge in [-0.3, -0.25) is 9.48 Å². The summed E-state index contributed by atoms with van der Waals surface area (Å²) in [6.07, 6.45) is 6.39. The highest BCUT2D eigenvalue weighted by Gasteiger charge is 2.29. The predicted octanol–water partition coefficient (Wildman–Crippen LogP) is 4.44. The molecule has 6 heteroatoms. The van der Waals surface area contributed by atoms with Crippen molar-refractivity contribution in [1.29, 1.82) is 0 Å². The molecule has 0 saturated heterocycles. The molecule has 2 aromatic heterocycles. The highest BCUT2D eigenvalue weighted by molar-refractivity contribution is 5.93. The van der Waals surface area contributed by atoms with Crippen LogP contribution in [-0.4, -0.2) is 15.7 Å². The van der Waals surface area contributed by atoms with Gasteiger partial charge in [-0.2, -0.15) is 5.10 Å². The number of hydrogen-bond acceptors (Lipinski definition) is 4. The third-order valence-electron chi connectivity index (χ3n) is 5.07. The number of benzene rings is 1. The van der Waals surface area contributed by atoms with Crippen LogP contribution in [0.2, 0.25) is 0 Å². The van der Waals surface area contributed by atoms with Gasteiger partial charge in [-0.15, -0.1) is 0 Å². The summed E-state index contributed by atoms with van der Waals surface area (Å²) in [5, 5.41) is 7.67. The maximum absolute atomic E-state index is 12.9. The van der Waals surface area contributed by atoms with E-state index in [1.165, 1.54) is 11.8 Å². The van der Waals surface area contributed by atoms with E-state index in [0.29, 0.717) is 5.76 Å². The molecule has 1 amide bonds. The largest absolute Gasteiger partial charge is 0.489 e. The molecule has 1 aliphatic carbocycles. The predicted molar refractivity (Wildman–Crippen MR) is 105 cm³/mol. The lowest BCUT2D eigenvalue weighted by molar-refractivity contribution is 0.0898. The lowest BCUT2D eigenvalue weighted by Gasteiger charge is -2.26. The maximum Gasteiger partial charge on any atom is 0.287 e. The zero-order valence-corrected chi connectivity index (χ0v) is 16.2. The van der Waals surface area contributed by atoms with E-state index in [2.05, 4.69) is 24.3 Å². The molecule has 0 radical (unpaired) electrons. The van der Waals surface area contributed by atoms with Gasteiger partial charge in [-0.25, -0.2) is 0 Å². The van der Waals surface area contributed by atoms with E-state index < -0.39 is 0 Å². The Morgan fingerprint density at radius 1 is 1.32 bits per heavy atom. The Hall–Kier alpha value is -3.02. The van der Waals surface area contributed by atoms with Gasteiger partial charge < -0.3 is 14.5 Å². The first kappa shape index (κ1) is 18.3. The van der Waals surface area contributed by atoms with Crippen LogP contribution in [0.1, 0.15) is 66.1 Å². The van der Waals surface area contributed by atoms with Crippen molar-refractivity contribution >= 4 is 5.91 Å². The first-order chi connectivity index (χ1) is 13.6. The van der Waals surface area contributed by atoms with Crippen molar-refractivity contribution in [2.24, 2.45) is 0 Å². The van der Waals surface area contributed by atoms with E-state index in [9.17, 15) is 4.79 Å². The Balaban J connectivity index is 1.49. The number of amides is 1. The van der Waals surface area contributed by atoms with Crippen LogP contribution in [0.15, 0.2) is 53.3 Å². The van der Waals surface area contributed by atoms with E-state index in [0.717, 1.165) is 36.3 Å². The first-order valence-electron chi connectivity index (χ1n) is 9.75. The van der Waals surface area contributed by atoms with Crippen molar-refractivity contribution in [2.45, 2.75) is 51.8 Å². The zero-order chi connectivity index (χ0) is 19.5. The molecule has 0 bridgehead atoms. The topological polar surface area (TPSA) is 69.3 Å². The van der Waals surface area contributed by atoms with Crippen LogP contribution >= 0.6 is 0 Å². The highest BCUT2D eigenvalue weighted by Crippen LogP contribution is 2.31. The average molecular weight is 379 g/mol. The summed E-state index contributed by atoms with van der Waals surface area (Å²) >= 11 is 0. The molecule has 1 atom stereocenters. The lowest BCUT2D eigenvalue weighted by Crippen LogP contribution is -2.33. The Morgan fingerprint density at radius 2 is 2.14 bits per heavy atom. The number of aryl methyl sites for hydroxylation is 1. The fourth-order valence-corrected chi connectivity index (χ4v) is 3.72. The molecule has 0 aliphatic heterocycles. The van der Waals surface area contributed by atoms with E-state index in [-0.39, 0.29) is 24.6 Å². The number of para-hydroxylation sites is 1. The summed E-state index contributed by atoms with van der Waals surface area (Å²) in [7, 11) is 0. The van der Waals surface area contributed by atoms with E-state index >= 15 is 0 Å². The number of carbonyl (C=O) groups is 1. The number of ether oxygens (including phenoxy) is 1. The molecule has 1 aliphatic rings. The first-order valence-corrected chi connectivity index (χ1v) is 9.75. The number of hydrogen-bond donors (Lipinski definition) is 1. The third-order valence-corrected chi connectivity index (χ3v) is 5.07. The van der Waals surface area contributed by atoms with Gasteiger partial charge in [0.15, 0.2) is 5.76 Å². The second-order valence-corrected chi connectivity index (χ2v) is 7.39. The molecule has 0 fully saturated rings. The van der Waals surface area contributed by atoms with Gasteiger partial charge >= 0.3 is 0 Å². The number of furan rings is 1. The molecule has 1 aromatic carbocycles. The number of fused-ring (bicyclic) bond motifs is 1. The van der Waals surface area contributed by atoms with Gasteiger partial charge in [0.05, 0.1) is 24.2 Å². The van der Waals surface area contributed by atoms with Gasteiger partial charge in [0.25, 0.3) is 5.91 Å². The van der Waals surface area contributed by atoms with Gasteiger partial charge in [0, 0.05) is 11.6 Å². The Morgan fingerprint density at radius 3 is 2.93 bits per heavy atom. The Labute approximate surface area is 164 Å². The molecular formula is C22H25N3O3. The molecule has 28 heavy (non-hydrogen) atoms. The molecular weight excluding hydrogens is 354 g/mol. The minimum Gasteiger partial charge on any atom is -0.489 e. The molecule has 6 nitrogen and oxygen atoms in total. The molecule has 4 rings (SSSR count). The minimum atomic E-state index is -0.217. The van der Waals surface area contributed by atoms with E-state index in [1.54, 1.807) is 6.07 Å². The molecule has 1 N–H and O–H groups in total. The second-order valence-electron chi connectivity index (χ2n) is 7.39. The standard InChI is InChI=1S/C22H25N3O3/c1-15(2)25-20-16(13-23-25)7-6-10-19(20)24-22(26)21-17(11-12-27-21)14-28-18-8-4-3-5-9-18/h3-5,8-9,11-13,15,19H,6-7,10,14H2,1-2H3,(H,24,26). The molecule has 3 aromatic rings. The van der Waals surface area contributed by atoms with Crippen LogP contribution in [-0.2, 0) is 13.0 Å². The van der Waals surface area contributed by atoms with Crippen LogP contribution < -0.4 is 10.1 Å². The van der Waals surface area contributed by atoms with Gasteiger partial charge in [0.1, 0.15) is 12.4 Å². The number of carbonyl (C=O) groups excluding carboxylic acids is 1. The maximum atomic E-state index is 12.9. The number of nitrogens with one attached hydrogen (secondary N) is 1. The fraction of sp³-hybridized carbons (Fsp3) is 0.364. The summed E-state index contributed by atoms with van der Waals surface area (Å²) < 4.78 is 13.3. The molecule has 0 saturated carbocycles. The highest BCUT2D eigenvalue weighted by atomic mass is 16.5. The number of rotatable bonds is 6. The normalized spacial score (nSPS) is 16.0. The number of aromatic nitrogens is 2. The smallest absolute Gasteiger partial charge is 0.287 e. The van der Waals surface area contributed by atoms with Crippen LogP contribution in [0.25, 0.3) is 0 Å². The Bertz CT molecular complexity index is 943. The minimum absolute atomic E-state index is 0.0610. The summed E-state index contributed by atoms with van der Waals surface area (Å²) in [4.78, 5) is 12.9. The van der Waals surface area contributed by atoms with Crippen molar-refractivity contribution < 1.29 is 13.9 Å². The summed E-state index contributed by atoms with van der Waals surface area (Å²) in [5.41, 5.74) is 3.07. The third kappa shape index (κ3) is 3.67. The average Bonchev–Trinajstić information content (AvgIpc) is 3.34. The van der Waals surface area contributed by atoms with Crippen molar-refractivity contribution in [3.05, 3.63) is 71.4 Å². The van der Waals surface area contributed by atoms with Crippen LogP contribution in [0.3, 0.4) is 0 Å². The summed E-state index contributed by atoms with van der Waals surface area (Å²) in [6, 6.07) is 11.5. The summed E-state index contributed by atoms with van der Waals surface area (Å²) in [5.74, 6) is 0.845. The molecule has 2 heterocycles. The second kappa shape index (κ2) is 7.92. The van der Waals surface area contributed by atoms with Crippen molar-refractivity contribution in [1.82, 2.24) is 15.1 Å². The van der Waals surface area contributed by atoms with Crippen LogP contribution in [0, 0.1) is 0 Å². The summed E-state index contributed by atoms with van der Waals surface area (Å²) in [6.45, 7) is 4.49. The molecule has 146 valence electrons. The van der Waals surface area contributed by atoms with Crippen molar-refractivity contribution in [3.63, 3.8) is 0 Å². The number of nitrogens with zero attached hydrogens (tertiary/aromatic N) is 2. The van der Waals surface area contributed by atoms with Gasteiger partial charge in [-0.1, -0.05) is 18.2 Å². The van der Waals surface area contributed by atoms with Crippen LogP contribution in [0.4, 0.5) is 0 Å². The Kier molecular flexibility index (Phi) is 5.19. The monoisotopic (exact) mass is 379 g/mol. The van der Waals surface area contributed by atoms with Gasteiger partial charge in [-0.05, 0) is 56.9 Å². The van der Waals surface area contributed by atoms with Crippen LogP contribution in [0.5, 0.6) is 5.75 Å². The molecule has 0 spiro atoms.